The smallest absolute Gasteiger partial charge is 0.225 e. The molecule has 0 spiro atoms. The molecule has 1 amide bonds. The van der Waals surface area contributed by atoms with Gasteiger partial charge in [0.2, 0.25) is 5.91 Å². The molecule has 2 aromatic rings. The predicted octanol–water partition coefficient (Wildman–Crippen LogP) is 3.55. The number of furan rings is 1. The van der Waals surface area contributed by atoms with Crippen LogP contribution in [-0.2, 0) is 11.3 Å². The molecule has 2 N–H and O–H groups in total. The van der Waals surface area contributed by atoms with Gasteiger partial charge in [0.05, 0.1) is 12.8 Å². The van der Waals surface area contributed by atoms with Crippen LogP contribution in [0.4, 0.5) is 11.4 Å². The number of rotatable bonds is 9. The number of benzene rings is 1. The summed E-state index contributed by atoms with van der Waals surface area (Å²) in [7, 11) is 0. The molecule has 0 aliphatic heterocycles. The maximum absolute atomic E-state index is 12.1. The number of hydrogen-bond donors (Lipinski definition) is 2. The van der Waals surface area contributed by atoms with Gasteiger partial charge in [-0.25, -0.2) is 0 Å². The van der Waals surface area contributed by atoms with E-state index >= 15 is 0 Å². The van der Waals surface area contributed by atoms with Gasteiger partial charge < -0.3 is 20.0 Å². The normalized spacial score (nSPS) is 10.6. The van der Waals surface area contributed by atoms with E-state index in [2.05, 4.69) is 41.5 Å². The van der Waals surface area contributed by atoms with E-state index in [9.17, 15) is 4.79 Å². The number of amides is 1. The largest absolute Gasteiger partial charge is 0.468 e. The number of nitrogens with one attached hydrogen (secondary N) is 2. The van der Waals surface area contributed by atoms with E-state index in [1.807, 2.05) is 25.1 Å². The van der Waals surface area contributed by atoms with Crippen LogP contribution < -0.4 is 15.5 Å². The van der Waals surface area contributed by atoms with Crippen molar-refractivity contribution in [3.05, 3.63) is 47.9 Å². The van der Waals surface area contributed by atoms with Crippen molar-refractivity contribution in [1.82, 2.24) is 5.32 Å². The molecule has 1 heterocycles. The lowest BCUT2D eigenvalue weighted by Crippen LogP contribution is -2.23. The molecule has 5 heteroatoms. The molecule has 0 atom stereocenters. The first-order chi connectivity index (χ1) is 11.6. The van der Waals surface area contributed by atoms with E-state index in [4.69, 9.17) is 4.42 Å². The quantitative estimate of drug-likeness (QED) is 0.691. The molecule has 0 aliphatic carbocycles. The molecular weight excluding hydrogens is 302 g/mol. The molecule has 0 fully saturated rings. The highest BCUT2D eigenvalue weighted by Crippen LogP contribution is 2.22. The van der Waals surface area contributed by atoms with Crippen LogP contribution in [0.25, 0.3) is 0 Å². The molecule has 0 saturated heterocycles. The Morgan fingerprint density at radius 2 is 2.00 bits per heavy atom. The van der Waals surface area contributed by atoms with Gasteiger partial charge in [-0.15, -0.1) is 0 Å². The van der Waals surface area contributed by atoms with Crippen molar-refractivity contribution >= 4 is 17.3 Å². The maximum Gasteiger partial charge on any atom is 0.225 e. The van der Waals surface area contributed by atoms with Crippen LogP contribution in [0, 0.1) is 6.92 Å². The third-order valence-electron chi connectivity index (χ3n) is 4.02. The molecule has 24 heavy (non-hydrogen) atoms. The molecule has 0 aliphatic rings. The molecule has 0 saturated carbocycles. The Balaban J connectivity index is 1.80. The van der Waals surface area contributed by atoms with Gasteiger partial charge in [-0.3, -0.25) is 4.79 Å². The van der Waals surface area contributed by atoms with Crippen molar-refractivity contribution in [2.24, 2.45) is 0 Å². The SMILES string of the molecule is CCN(CC)c1ccc(NC(=O)CCNCc2ccco2)c(C)c1. The fourth-order valence-electron chi connectivity index (χ4n) is 2.61. The number of hydrogen-bond acceptors (Lipinski definition) is 4. The molecule has 130 valence electrons. The van der Waals surface area contributed by atoms with Crippen LogP contribution in [0.2, 0.25) is 0 Å². The third-order valence-corrected chi connectivity index (χ3v) is 4.02. The van der Waals surface area contributed by atoms with Gasteiger partial charge in [-0.1, -0.05) is 0 Å². The standard InChI is InChI=1S/C19H27N3O2/c1-4-22(5-2)16-8-9-18(15(3)13-16)21-19(23)10-11-20-14-17-7-6-12-24-17/h6-9,12-13,20H,4-5,10-11,14H2,1-3H3,(H,21,23). The van der Waals surface area contributed by atoms with Crippen LogP contribution in [0.5, 0.6) is 0 Å². The molecule has 0 radical (unpaired) electrons. The van der Waals surface area contributed by atoms with Crippen molar-refractivity contribution < 1.29 is 9.21 Å². The summed E-state index contributed by atoms with van der Waals surface area (Å²) in [6, 6.07) is 9.93. The lowest BCUT2D eigenvalue weighted by Gasteiger charge is -2.22. The topological polar surface area (TPSA) is 57.5 Å². The summed E-state index contributed by atoms with van der Waals surface area (Å²) < 4.78 is 5.23. The molecule has 0 bridgehead atoms. The Hall–Kier alpha value is -2.27. The number of anilines is 2. The molecule has 2 rings (SSSR count). The average Bonchev–Trinajstić information content (AvgIpc) is 3.08. The van der Waals surface area contributed by atoms with Gasteiger partial charge in [-0.05, 0) is 56.7 Å². The van der Waals surface area contributed by atoms with Gasteiger partial charge in [0.25, 0.3) is 0 Å². The Kier molecular flexibility index (Phi) is 6.88. The molecule has 1 aromatic carbocycles. The Morgan fingerprint density at radius 3 is 2.62 bits per heavy atom. The van der Waals surface area contributed by atoms with E-state index in [1.165, 1.54) is 5.69 Å². The Bertz CT molecular complexity index is 634. The van der Waals surface area contributed by atoms with Crippen LogP contribution in [0.3, 0.4) is 0 Å². The minimum Gasteiger partial charge on any atom is -0.468 e. The van der Waals surface area contributed by atoms with Crippen molar-refractivity contribution in [3.8, 4) is 0 Å². The monoisotopic (exact) mass is 329 g/mol. The molecule has 0 unspecified atom stereocenters. The second-order valence-electron chi connectivity index (χ2n) is 5.73. The van der Waals surface area contributed by atoms with Gasteiger partial charge in [0, 0.05) is 37.4 Å². The van der Waals surface area contributed by atoms with Crippen molar-refractivity contribution in [3.63, 3.8) is 0 Å². The zero-order chi connectivity index (χ0) is 17.4. The van der Waals surface area contributed by atoms with Gasteiger partial charge in [0.1, 0.15) is 5.76 Å². The fraction of sp³-hybridized carbons (Fsp3) is 0.421. The summed E-state index contributed by atoms with van der Waals surface area (Å²) in [6.07, 6.45) is 2.08. The third kappa shape index (κ3) is 5.13. The number of aryl methyl sites for hydroxylation is 1. The summed E-state index contributed by atoms with van der Waals surface area (Å²) in [5.74, 6) is 0.888. The number of carbonyl (C=O) groups excluding carboxylic acids is 1. The van der Waals surface area contributed by atoms with Crippen molar-refractivity contribution in [2.75, 3.05) is 29.9 Å². The van der Waals surface area contributed by atoms with Crippen LogP contribution in [0.15, 0.2) is 41.0 Å². The van der Waals surface area contributed by atoms with E-state index in [0.29, 0.717) is 19.5 Å². The first kappa shape index (κ1) is 18.1. The minimum atomic E-state index is 0.0145. The summed E-state index contributed by atoms with van der Waals surface area (Å²) >= 11 is 0. The van der Waals surface area contributed by atoms with Crippen molar-refractivity contribution in [1.29, 1.82) is 0 Å². The summed E-state index contributed by atoms with van der Waals surface area (Å²) in [5, 5.41) is 6.18. The molecule has 1 aromatic heterocycles. The lowest BCUT2D eigenvalue weighted by molar-refractivity contribution is -0.116. The Labute approximate surface area is 144 Å². The first-order valence-corrected chi connectivity index (χ1v) is 8.52. The van der Waals surface area contributed by atoms with Gasteiger partial charge >= 0.3 is 0 Å². The van der Waals surface area contributed by atoms with E-state index < -0.39 is 0 Å². The summed E-state index contributed by atoms with van der Waals surface area (Å²) in [4.78, 5) is 14.4. The summed E-state index contributed by atoms with van der Waals surface area (Å²) in [5.41, 5.74) is 3.15. The zero-order valence-electron chi connectivity index (χ0n) is 14.8. The minimum absolute atomic E-state index is 0.0145. The maximum atomic E-state index is 12.1. The fourth-order valence-corrected chi connectivity index (χ4v) is 2.61. The first-order valence-electron chi connectivity index (χ1n) is 8.52. The van der Waals surface area contributed by atoms with Crippen LogP contribution in [0.1, 0.15) is 31.6 Å². The second-order valence-corrected chi connectivity index (χ2v) is 5.73. The lowest BCUT2D eigenvalue weighted by atomic mass is 10.1. The van der Waals surface area contributed by atoms with Crippen LogP contribution >= 0.6 is 0 Å². The van der Waals surface area contributed by atoms with E-state index in [0.717, 1.165) is 30.1 Å². The number of carbonyl (C=O) groups is 1. The van der Waals surface area contributed by atoms with E-state index in [-0.39, 0.29) is 5.91 Å². The highest BCUT2D eigenvalue weighted by Gasteiger charge is 2.08. The predicted molar refractivity (Wildman–Crippen MR) is 98.4 cm³/mol. The molecular formula is C19H27N3O2. The Morgan fingerprint density at radius 1 is 1.21 bits per heavy atom. The molecule has 5 nitrogen and oxygen atoms in total. The van der Waals surface area contributed by atoms with Gasteiger partial charge in [-0.2, -0.15) is 0 Å². The number of nitrogens with zero attached hydrogens (tertiary/aromatic N) is 1. The summed E-state index contributed by atoms with van der Waals surface area (Å²) in [6.45, 7) is 9.51. The average molecular weight is 329 g/mol. The van der Waals surface area contributed by atoms with E-state index in [1.54, 1.807) is 6.26 Å². The second kappa shape index (κ2) is 9.13. The zero-order valence-corrected chi connectivity index (χ0v) is 14.8. The van der Waals surface area contributed by atoms with Crippen LogP contribution in [-0.4, -0.2) is 25.5 Å². The highest BCUT2D eigenvalue weighted by molar-refractivity contribution is 5.91. The van der Waals surface area contributed by atoms with Gasteiger partial charge in [0.15, 0.2) is 0 Å². The van der Waals surface area contributed by atoms with Crippen molar-refractivity contribution in [2.45, 2.75) is 33.7 Å². The highest BCUT2D eigenvalue weighted by atomic mass is 16.3.